The lowest BCUT2D eigenvalue weighted by Crippen LogP contribution is -2.31. The number of carboxylic acids is 1. The topological polar surface area (TPSA) is 41.2 Å². The Morgan fingerprint density at radius 2 is 1.64 bits per heavy atom. The van der Waals surface area contributed by atoms with E-state index >= 15 is 0 Å². The molecule has 2 aromatic rings. The molecular formula is C22H30NO2+. The number of rotatable bonds is 11. The third-order valence-electron chi connectivity index (χ3n) is 4.71. The van der Waals surface area contributed by atoms with Crippen LogP contribution >= 0.6 is 0 Å². The monoisotopic (exact) mass is 340 g/mol. The third-order valence-corrected chi connectivity index (χ3v) is 4.71. The zero-order chi connectivity index (χ0) is 17.9. The Bertz CT molecular complexity index is 639. The van der Waals surface area contributed by atoms with Gasteiger partial charge in [-0.25, -0.2) is 0 Å². The first-order chi connectivity index (χ1) is 12.2. The quantitative estimate of drug-likeness (QED) is 0.464. The van der Waals surface area contributed by atoms with Crippen molar-refractivity contribution in [2.75, 3.05) is 0 Å². The summed E-state index contributed by atoms with van der Waals surface area (Å²) in [6.45, 7) is 2.21. The van der Waals surface area contributed by atoms with Gasteiger partial charge in [-0.2, -0.15) is 4.57 Å². The summed E-state index contributed by atoms with van der Waals surface area (Å²) >= 11 is 0. The zero-order valence-electron chi connectivity index (χ0n) is 15.2. The molecule has 1 unspecified atom stereocenters. The standard InChI is InChI=1S/C22H29NO2/c1-2-3-4-5-6-8-14-20(22(24)25)18-19-13-9-10-15-21(19)23-16-11-7-12-17-23/h7,9-13,15-17,20H,2-6,8,14,18H2,1H3/p+1. The van der Waals surface area contributed by atoms with Crippen LogP contribution in [0.4, 0.5) is 0 Å². The van der Waals surface area contributed by atoms with Gasteiger partial charge in [0.15, 0.2) is 12.4 Å². The fourth-order valence-corrected chi connectivity index (χ4v) is 3.24. The lowest BCUT2D eigenvalue weighted by Gasteiger charge is -2.13. The van der Waals surface area contributed by atoms with Crippen LogP contribution in [0.25, 0.3) is 5.69 Å². The van der Waals surface area contributed by atoms with Crippen LogP contribution < -0.4 is 4.57 Å². The molecule has 1 N–H and O–H groups in total. The first kappa shape index (κ1) is 19.2. The fourth-order valence-electron chi connectivity index (χ4n) is 3.24. The van der Waals surface area contributed by atoms with Crippen molar-refractivity contribution in [1.82, 2.24) is 0 Å². The molecule has 3 nitrogen and oxygen atoms in total. The summed E-state index contributed by atoms with van der Waals surface area (Å²) in [7, 11) is 0. The van der Waals surface area contributed by atoms with Gasteiger partial charge in [-0.05, 0) is 12.8 Å². The Labute approximate surface area is 151 Å². The van der Waals surface area contributed by atoms with Crippen molar-refractivity contribution in [2.24, 2.45) is 5.92 Å². The number of nitrogens with zero attached hydrogens (tertiary/aromatic N) is 1. The molecule has 0 aliphatic rings. The highest BCUT2D eigenvalue weighted by Gasteiger charge is 2.21. The van der Waals surface area contributed by atoms with E-state index in [1.807, 2.05) is 48.8 Å². The molecule has 134 valence electrons. The summed E-state index contributed by atoms with van der Waals surface area (Å²) in [5, 5.41) is 9.63. The van der Waals surface area contributed by atoms with Crippen molar-refractivity contribution >= 4 is 5.97 Å². The largest absolute Gasteiger partial charge is 0.481 e. The van der Waals surface area contributed by atoms with E-state index in [2.05, 4.69) is 17.6 Å². The summed E-state index contributed by atoms with van der Waals surface area (Å²) in [5.74, 6) is -0.988. The minimum atomic E-state index is -0.679. The van der Waals surface area contributed by atoms with Crippen LogP contribution in [0.15, 0.2) is 54.9 Å². The highest BCUT2D eigenvalue weighted by atomic mass is 16.4. The molecule has 1 aromatic carbocycles. The van der Waals surface area contributed by atoms with Crippen molar-refractivity contribution in [3.63, 3.8) is 0 Å². The second kappa shape index (κ2) is 10.7. The van der Waals surface area contributed by atoms with Crippen LogP contribution in [0.2, 0.25) is 0 Å². The molecule has 1 aromatic heterocycles. The second-order valence-corrected chi connectivity index (χ2v) is 6.71. The number of unbranched alkanes of at least 4 members (excludes halogenated alkanes) is 5. The van der Waals surface area contributed by atoms with E-state index in [4.69, 9.17) is 0 Å². The van der Waals surface area contributed by atoms with Crippen molar-refractivity contribution in [3.8, 4) is 5.69 Å². The van der Waals surface area contributed by atoms with Crippen molar-refractivity contribution in [1.29, 1.82) is 0 Å². The molecule has 0 aliphatic heterocycles. The Morgan fingerprint density at radius 1 is 0.960 bits per heavy atom. The van der Waals surface area contributed by atoms with E-state index in [0.717, 1.165) is 30.5 Å². The molecule has 1 heterocycles. The summed E-state index contributed by atoms with van der Waals surface area (Å²) in [5.41, 5.74) is 2.16. The number of para-hydroxylation sites is 1. The summed E-state index contributed by atoms with van der Waals surface area (Å²) in [4.78, 5) is 11.7. The number of pyridine rings is 1. The predicted octanol–water partition coefficient (Wildman–Crippen LogP) is 4.96. The number of benzene rings is 1. The molecule has 2 rings (SSSR count). The molecule has 0 saturated carbocycles. The van der Waals surface area contributed by atoms with Crippen LogP contribution in [-0.2, 0) is 11.2 Å². The van der Waals surface area contributed by atoms with Gasteiger partial charge < -0.3 is 5.11 Å². The van der Waals surface area contributed by atoms with Gasteiger partial charge in [-0.15, -0.1) is 0 Å². The van der Waals surface area contributed by atoms with E-state index in [0.29, 0.717) is 6.42 Å². The minimum Gasteiger partial charge on any atom is -0.481 e. The fraction of sp³-hybridized carbons (Fsp3) is 0.455. The Kier molecular flexibility index (Phi) is 8.17. The van der Waals surface area contributed by atoms with Gasteiger partial charge in [-0.3, -0.25) is 4.79 Å². The predicted molar refractivity (Wildman–Crippen MR) is 101 cm³/mol. The Hall–Kier alpha value is -2.16. The third kappa shape index (κ3) is 6.33. The van der Waals surface area contributed by atoms with Crippen LogP contribution in [0.5, 0.6) is 0 Å². The number of hydrogen-bond donors (Lipinski definition) is 1. The summed E-state index contributed by atoms with van der Waals surface area (Å²) in [6, 6.07) is 14.1. The smallest absolute Gasteiger partial charge is 0.306 e. The van der Waals surface area contributed by atoms with E-state index in [-0.39, 0.29) is 5.92 Å². The molecule has 0 radical (unpaired) electrons. The number of hydrogen-bond acceptors (Lipinski definition) is 1. The maximum atomic E-state index is 11.7. The van der Waals surface area contributed by atoms with Crippen LogP contribution in [0, 0.1) is 5.92 Å². The summed E-state index contributed by atoms with van der Waals surface area (Å²) < 4.78 is 2.05. The second-order valence-electron chi connectivity index (χ2n) is 6.71. The van der Waals surface area contributed by atoms with Crippen molar-refractivity contribution < 1.29 is 14.5 Å². The minimum absolute atomic E-state index is 0.309. The number of aliphatic carboxylic acids is 1. The van der Waals surface area contributed by atoms with Crippen molar-refractivity contribution in [3.05, 3.63) is 60.4 Å². The van der Waals surface area contributed by atoms with Gasteiger partial charge in [0.1, 0.15) is 0 Å². The lowest BCUT2D eigenvalue weighted by molar-refractivity contribution is -0.596. The molecule has 0 saturated heterocycles. The van der Waals surface area contributed by atoms with E-state index < -0.39 is 5.97 Å². The molecule has 0 amide bonds. The molecular weight excluding hydrogens is 310 g/mol. The van der Waals surface area contributed by atoms with Crippen LogP contribution in [0.3, 0.4) is 0 Å². The summed E-state index contributed by atoms with van der Waals surface area (Å²) in [6.07, 6.45) is 12.5. The van der Waals surface area contributed by atoms with Gasteiger partial charge in [0.25, 0.3) is 0 Å². The van der Waals surface area contributed by atoms with Gasteiger partial charge in [0, 0.05) is 23.8 Å². The van der Waals surface area contributed by atoms with Crippen LogP contribution in [0.1, 0.15) is 57.4 Å². The lowest BCUT2D eigenvalue weighted by atomic mass is 9.92. The Balaban J connectivity index is 1.99. The normalized spacial score (nSPS) is 12.0. The maximum Gasteiger partial charge on any atom is 0.306 e. The van der Waals surface area contributed by atoms with Gasteiger partial charge in [0.2, 0.25) is 5.69 Å². The number of aromatic nitrogens is 1. The zero-order valence-corrected chi connectivity index (χ0v) is 15.2. The number of carbonyl (C=O) groups is 1. The highest BCUT2D eigenvalue weighted by molar-refractivity contribution is 5.70. The van der Waals surface area contributed by atoms with Crippen LogP contribution in [-0.4, -0.2) is 11.1 Å². The molecule has 25 heavy (non-hydrogen) atoms. The first-order valence-electron chi connectivity index (χ1n) is 9.49. The molecule has 0 spiro atoms. The average Bonchev–Trinajstić information content (AvgIpc) is 2.64. The van der Waals surface area contributed by atoms with E-state index in [1.165, 1.54) is 25.7 Å². The molecule has 0 fully saturated rings. The molecule has 3 heteroatoms. The molecule has 0 bridgehead atoms. The van der Waals surface area contributed by atoms with E-state index in [9.17, 15) is 9.90 Å². The molecule has 1 atom stereocenters. The Morgan fingerprint density at radius 3 is 2.36 bits per heavy atom. The molecule has 0 aliphatic carbocycles. The van der Waals surface area contributed by atoms with Gasteiger partial charge in [-0.1, -0.05) is 69.7 Å². The first-order valence-corrected chi connectivity index (χ1v) is 9.49. The van der Waals surface area contributed by atoms with Gasteiger partial charge in [0.05, 0.1) is 5.92 Å². The number of carboxylic acid groups (broad SMARTS) is 1. The van der Waals surface area contributed by atoms with E-state index in [1.54, 1.807) is 0 Å². The van der Waals surface area contributed by atoms with Gasteiger partial charge >= 0.3 is 5.97 Å². The maximum absolute atomic E-state index is 11.7. The highest BCUT2D eigenvalue weighted by Crippen LogP contribution is 2.20. The SMILES string of the molecule is CCCCCCCCC(Cc1ccccc1-[n+]1ccccc1)C(=O)O. The van der Waals surface area contributed by atoms with Crippen molar-refractivity contribution in [2.45, 2.75) is 58.3 Å². The average molecular weight is 340 g/mol.